The fraction of sp³-hybridized carbons (Fsp3) is 0. The number of halogens is 1. The smallest absolute Gasteiger partial charge is 0.228 e. The second-order valence-corrected chi connectivity index (χ2v) is 3.59. The van der Waals surface area contributed by atoms with E-state index in [2.05, 4.69) is 4.98 Å². The highest BCUT2D eigenvalue weighted by Gasteiger charge is 2.13. The molecule has 2 aromatic rings. The predicted molar refractivity (Wildman–Crippen MR) is 61.1 cm³/mol. The molecule has 16 heavy (non-hydrogen) atoms. The van der Waals surface area contributed by atoms with Crippen molar-refractivity contribution < 1.29 is 4.79 Å². The van der Waals surface area contributed by atoms with Gasteiger partial charge in [-0.2, -0.15) is 0 Å². The molecule has 1 aromatic carbocycles. The fourth-order valence-corrected chi connectivity index (χ4v) is 1.37. The molecule has 0 aliphatic carbocycles. The van der Waals surface area contributed by atoms with Crippen LogP contribution in [0.3, 0.4) is 0 Å². The molecular formula is C11H8ClN3O. The minimum Gasteiger partial charge on any atom is -0.288 e. The number of Topliss-reactive ketones (excluding diaryl/α,β-unsaturated/α-hetero) is 1. The van der Waals surface area contributed by atoms with E-state index < -0.39 is 0 Å². The van der Waals surface area contributed by atoms with Crippen LogP contribution in [0.2, 0.25) is 5.02 Å². The molecule has 0 saturated heterocycles. The van der Waals surface area contributed by atoms with Gasteiger partial charge in [-0.05, 0) is 24.3 Å². The van der Waals surface area contributed by atoms with Gasteiger partial charge in [-0.1, -0.05) is 11.6 Å². The summed E-state index contributed by atoms with van der Waals surface area (Å²) in [5.41, 5.74) is 0.433. The Morgan fingerprint density at radius 2 is 2.00 bits per heavy atom. The number of carbonyl (C=O) groups excluding carboxylic acids is 1. The number of nitrogens with zero attached hydrogens (tertiary/aromatic N) is 2. The van der Waals surface area contributed by atoms with Gasteiger partial charge in [0.05, 0.1) is 0 Å². The lowest BCUT2D eigenvalue weighted by Gasteiger charge is -2.03. The van der Waals surface area contributed by atoms with Crippen LogP contribution >= 0.6 is 11.6 Å². The summed E-state index contributed by atoms with van der Waals surface area (Å²) in [7, 11) is 0. The lowest BCUT2D eigenvalue weighted by Crippen LogP contribution is -2.20. The third-order valence-electron chi connectivity index (χ3n) is 2.08. The molecule has 80 valence electrons. The summed E-state index contributed by atoms with van der Waals surface area (Å²) >= 11 is 5.72. The second-order valence-electron chi connectivity index (χ2n) is 3.15. The molecular weight excluding hydrogens is 226 g/mol. The molecule has 4 nitrogen and oxygen atoms in total. The largest absolute Gasteiger partial charge is 0.288 e. The van der Waals surface area contributed by atoms with E-state index in [4.69, 9.17) is 17.0 Å². The first-order valence-corrected chi connectivity index (χ1v) is 4.93. The van der Waals surface area contributed by atoms with Crippen molar-refractivity contribution in [2.75, 3.05) is 0 Å². The van der Waals surface area contributed by atoms with E-state index in [9.17, 15) is 4.79 Å². The Hall–Kier alpha value is -1.94. The van der Waals surface area contributed by atoms with Gasteiger partial charge < -0.3 is 0 Å². The lowest BCUT2D eigenvalue weighted by atomic mass is 10.1. The van der Waals surface area contributed by atoms with Crippen LogP contribution in [-0.4, -0.2) is 21.2 Å². The first-order valence-electron chi connectivity index (χ1n) is 4.55. The van der Waals surface area contributed by atoms with Gasteiger partial charge in [-0.25, -0.2) is 4.98 Å². The van der Waals surface area contributed by atoms with Gasteiger partial charge in [-0.15, -0.1) is 0 Å². The van der Waals surface area contributed by atoms with Crippen molar-refractivity contribution in [3.8, 4) is 0 Å². The van der Waals surface area contributed by atoms with Crippen molar-refractivity contribution in [2.45, 2.75) is 0 Å². The third-order valence-corrected chi connectivity index (χ3v) is 2.34. The quantitative estimate of drug-likeness (QED) is 0.491. The van der Waals surface area contributed by atoms with Gasteiger partial charge in [-0.3, -0.25) is 14.8 Å². The summed E-state index contributed by atoms with van der Waals surface area (Å²) in [5.74, 6) is -0.505. The second kappa shape index (κ2) is 4.28. The Morgan fingerprint density at radius 3 is 2.56 bits per heavy atom. The standard InChI is InChI=1S/C11H8ClN3O/c12-9-3-1-8(2-4-9)10(16)11(13)15-6-5-14-7-15/h1-7,13H. The lowest BCUT2D eigenvalue weighted by molar-refractivity contribution is 0.106. The maximum absolute atomic E-state index is 11.8. The molecule has 0 bridgehead atoms. The summed E-state index contributed by atoms with van der Waals surface area (Å²) < 4.78 is 1.36. The van der Waals surface area contributed by atoms with Gasteiger partial charge in [0.15, 0.2) is 5.84 Å². The molecule has 0 fully saturated rings. The minimum atomic E-state index is -0.366. The number of imidazole rings is 1. The Morgan fingerprint density at radius 1 is 1.31 bits per heavy atom. The van der Waals surface area contributed by atoms with Gasteiger partial charge in [0, 0.05) is 23.0 Å². The van der Waals surface area contributed by atoms with Crippen molar-refractivity contribution >= 4 is 23.2 Å². The highest BCUT2D eigenvalue weighted by atomic mass is 35.5. The van der Waals surface area contributed by atoms with E-state index in [1.165, 1.54) is 17.1 Å². The molecule has 2 rings (SSSR count). The number of carbonyl (C=O) groups is 1. The van der Waals surface area contributed by atoms with Crippen LogP contribution < -0.4 is 0 Å². The van der Waals surface area contributed by atoms with E-state index in [-0.39, 0.29) is 11.6 Å². The molecule has 0 spiro atoms. The zero-order valence-corrected chi connectivity index (χ0v) is 8.98. The number of ketones is 1. The Bertz CT molecular complexity index is 517. The van der Waals surface area contributed by atoms with Crippen LogP contribution in [0.25, 0.3) is 0 Å². The molecule has 0 radical (unpaired) electrons. The van der Waals surface area contributed by atoms with Crippen LogP contribution in [0.15, 0.2) is 43.0 Å². The minimum absolute atomic E-state index is 0.139. The number of hydrogen-bond donors (Lipinski definition) is 1. The Labute approximate surface area is 97.0 Å². The van der Waals surface area contributed by atoms with Crippen LogP contribution in [0.4, 0.5) is 0 Å². The summed E-state index contributed by atoms with van der Waals surface area (Å²) in [5, 5.41) is 8.24. The fourth-order valence-electron chi connectivity index (χ4n) is 1.25. The number of benzene rings is 1. The van der Waals surface area contributed by atoms with E-state index in [0.717, 1.165) is 0 Å². The molecule has 0 amide bonds. The zero-order valence-electron chi connectivity index (χ0n) is 8.22. The van der Waals surface area contributed by atoms with Gasteiger partial charge in [0.25, 0.3) is 0 Å². The maximum atomic E-state index is 11.8. The molecule has 1 N–H and O–H groups in total. The monoisotopic (exact) mass is 233 g/mol. The molecule has 0 unspecified atom stereocenters. The van der Waals surface area contributed by atoms with E-state index in [1.807, 2.05) is 0 Å². The SMILES string of the molecule is N=C(C(=O)c1ccc(Cl)cc1)n1ccnc1. The number of hydrogen-bond acceptors (Lipinski definition) is 3. The van der Waals surface area contributed by atoms with E-state index in [1.54, 1.807) is 30.5 Å². The summed E-state index contributed by atoms with van der Waals surface area (Å²) in [6.07, 6.45) is 4.48. The average Bonchev–Trinajstić information content (AvgIpc) is 2.81. The number of aromatic nitrogens is 2. The molecule has 0 saturated carbocycles. The van der Waals surface area contributed by atoms with Crippen LogP contribution in [0, 0.1) is 5.41 Å². The van der Waals surface area contributed by atoms with E-state index in [0.29, 0.717) is 10.6 Å². The van der Waals surface area contributed by atoms with Gasteiger partial charge in [0.2, 0.25) is 5.78 Å². The summed E-state index contributed by atoms with van der Waals surface area (Å²) in [4.78, 5) is 15.6. The predicted octanol–water partition coefficient (Wildman–Crippen LogP) is 2.24. The molecule has 0 atom stereocenters. The Balaban J connectivity index is 2.26. The topological polar surface area (TPSA) is 58.7 Å². The summed E-state index contributed by atoms with van der Waals surface area (Å²) in [6, 6.07) is 6.43. The van der Waals surface area contributed by atoms with Crippen LogP contribution in [0.1, 0.15) is 10.4 Å². The van der Waals surface area contributed by atoms with Crippen LogP contribution in [0.5, 0.6) is 0 Å². The molecule has 1 aromatic heterocycles. The van der Waals surface area contributed by atoms with Gasteiger partial charge >= 0.3 is 0 Å². The average molecular weight is 234 g/mol. The first kappa shape index (κ1) is 10.6. The summed E-state index contributed by atoms with van der Waals surface area (Å²) in [6.45, 7) is 0. The van der Waals surface area contributed by atoms with Gasteiger partial charge in [0.1, 0.15) is 6.33 Å². The van der Waals surface area contributed by atoms with Crippen molar-refractivity contribution in [1.82, 2.24) is 9.55 Å². The molecule has 1 heterocycles. The zero-order chi connectivity index (χ0) is 11.5. The van der Waals surface area contributed by atoms with Crippen LogP contribution in [-0.2, 0) is 0 Å². The van der Waals surface area contributed by atoms with Crippen molar-refractivity contribution in [2.24, 2.45) is 0 Å². The highest BCUT2D eigenvalue weighted by Crippen LogP contribution is 2.10. The maximum Gasteiger partial charge on any atom is 0.228 e. The first-order chi connectivity index (χ1) is 7.68. The third kappa shape index (κ3) is 2.01. The van der Waals surface area contributed by atoms with Crippen molar-refractivity contribution in [3.63, 3.8) is 0 Å². The number of nitrogens with one attached hydrogen (secondary N) is 1. The van der Waals surface area contributed by atoms with Crippen molar-refractivity contribution in [1.29, 1.82) is 5.41 Å². The highest BCUT2D eigenvalue weighted by molar-refractivity contribution is 6.44. The normalized spacial score (nSPS) is 10.1. The van der Waals surface area contributed by atoms with Crippen molar-refractivity contribution in [3.05, 3.63) is 53.6 Å². The van der Waals surface area contributed by atoms with E-state index >= 15 is 0 Å². The molecule has 0 aliphatic rings. The Kier molecular flexibility index (Phi) is 2.83. The molecule has 0 aliphatic heterocycles. The number of rotatable bonds is 2. The molecule has 5 heteroatoms.